The molecule has 0 aromatic carbocycles. The molecule has 0 radical (unpaired) electrons. The van der Waals surface area contributed by atoms with Gasteiger partial charge in [-0.15, -0.1) is 0 Å². The highest BCUT2D eigenvalue weighted by atomic mass is 16.6. The largest absolute Gasteiger partial charge is 0.382 e. The van der Waals surface area contributed by atoms with Crippen molar-refractivity contribution >= 4 is 17.7 Å². The summed E-state index contributed by atoms with van der Waals surface area (Å²) < 4.78 is 48.9. The van der Waals surface area contributed by atoms with Gasteiger partial charge >= 0.3 is 0 Å². The standard InChI is InChI=1S/C28H52N2O12/c1-24-21-27(32)30(28(24)33)7-5-26(31)29-6-4-8-40-22-25(42-20-19-39-16-14-37-12-10-35-3)23-41-18-17-38-15-13-36-11-9-34-2/h24-25H,4-23H2,1-3H3,(H,29,31). The summed E-state index contributed by atoms with van der Waals surface area (Å²) in [5.74, 6) is -0.947. The summed E-state index contributed by atoms with van der Waals surface area (Å²) in [5.41, 5.74) is 0. The van der Waals surface area contributed by atoms with Gasteiger partial charge in [0.1, 0.15) is 6.10 Å². The van der Waals surface area contributed by atoms with E-state index in [0.29, 0.717) is 112 Å². The van der Waals surface area contributed by atoms with Crippen LogP contribution in [0.5, 0.6) is 0 Å². The van der Waals surface area contributed by atoms with Crippen LogP contribution in [0.25, 0.3) is 0 Å². The molecule has 246 valence electrons. The first kappa shape index (κ1) is 38.3. The lowest BCUT2D eigenvalue weighted by atomic mass is 10.1. The van der Waals surface area contributed by atoms with E-state index < -0.39 is 0 Å². The third-order valence-electron chi connectivity index (χ3n) is 5.99. The molecule has 1 fully saturated rings. The molecule has 0 aromatic heterocycles. The molecule has 1 aliphatic heterocycles. The maximum atomic E-state index is 12.1. The second-order valence-electron chi connectivity index (χ2n) is 9.52. The van der Waals surface area contributed by atoms with Gasteiger partial charge in [0.25, 0.3) is 0 Å². The Balaban J connectivity index is 2.18. The molecular weight excluding hydrogens is 556 g/mol. The van der Waals surface area contributed by atoms with E-state index in [9.17, 15) is 14.4 Å². The Labute approximate surface area is 249 Å². The van der Waals surface area contributed by atoms with Crippen LogP contribution in [-0.4, -0.2) is 155 Å². The van der Waals surface area contributed by atoms with Crippen molar-refractivity contribution in [3.05, 3.63) is 0 Å². The van der Waals surface area contributed by atoms with Gasteiger partial charge in [0.05, 0.1) is 92.5 Å². The number of ether oxygens (including phenoxy) is 9. The monoisotopic (exact) mass is 608 g/mol. The van der Waals surface area contributed by atoms with Gasteiger partial charge in [-0.3, -0.25) is 19.3 Å². The highest BCUT2D eigenvalue weighted by molar-refractivity contribution is 6.03. The fourth-order valence-corrected chi connectivity index (χ4v) is 3.68. The second-order valence-corrected chi connectivity index (χ2v) is 9.52. The SMILES string of the molecule is COCCOCCOCCOCC(COCCCNC(=O)CCN1C(=O)CC(C)C1=O)OCCOCCOCCOC. The normalized spacial score (nSPS) is 16.0. The summed E-state index contributed by atoms with van der Waals surface area (Å²) in [5, 5.41) is 2.79. The van der Waals surface area contributed by atoms with Crippen molar-refractivity contribution in [2.45, 2.75) is 32.3 Å². The zero-order chi connectivity index (χ0) is 30.7. The van der Waals surface area contributed by atoms with Crippen LogP contribution in [0.2, 0.25) is 0 Å². The number of nitrogens with one attached hydrogen (secondary N) is 1. The van der Waals surface area contributed by atoms with Gasteiger partial charge in [-0.05, 0) is 6.42 Å². The van der Waals surface area contributed by atoms with E-state index in [-0.39, 0.29) is 49.1 Å². The minimum absolute atomic E-state index is 0.0875. The molecule has 42 heavy (non-hydrogen) atoms. The van der Waals surface area contributed by atoms with Gasteiger partial charge < -0.3 is 47.9 Å². The van der Waals surface area contributed by atoms with Crippen molar-refractivity contribution in [3.8, 4) is 0 Å². The molecule has 3 amide bonds. The number of methoxy groups -OCH3 is 2. The fourth-order valence-electron chi connectivity index (χ4n) is 3.68. The highest BCUT2D eigenvalue weighted by Crippen LogP contribution is 2.18. The molecule has 2 unspecified atom stereocenters. The molecule has 1 N–H and O–H groups in total. The van der Waals surface area contributed by atoms with Crippen LogP contribution in [0.4, 0.5) is 0 Å². The second kappa shape index (κ2) is 26.8. The molecule has 0 aliphatic carbocycles. The lowest BCUT2D eigenvalue weighted by Crippen LogP contribution is -2.35. The smallest absolute Gasteiger partial charge is 0.232 e. The van der Waals surface area contributed by atoms with Gasteiger partial charge in [-0.1, -0.05) is 6.92 Å². The zero-order valence-corrected chi connectivity index (χ0v) is 25.6. The zero-order valence-electron chi connectivity index (χ0n) is 25.6. The third-order valence-corrected chi connectivity index (χ3v) is 5.99. The van der Waals surface area contributed by atoms with E-state index in [0.717, 1.165) is 0 Å². The van der Waals surface area contributed by atoms with Crippen LogP contribution >= 0.6 is 0 Å². The summed E-state index contributed by atoms with van der Waals surface area (Å²) in [6, 6.07) is 0. The third kappa shape index (κ3) is 20.2. The number of nitrogens with zero attached hydrogens (tertiary/aromatic N) is 1. The Hall–Kier alpha value is -1.75. The van der Waals surface area contributed by atoms with E-state index in [2.05, 4.69) is 5.32 Å². The number of carbonyl (C=O) groups is 3. The number of hydrogen-bond acceptors (Lipinski definition) is 12. The topological polar surface area (TPSA) is 150 Å². The maximum Gasteiger partial charge on any atom is 0.232 e. The molecule has 1 saturated heterocycles. The number of amides is 3. The Kier molecular flexibility index (Phi) is 24.5. The summed E-state index contributed by atoms with van der Waals surface area (Å²) in [6.45, 7) is 9.05. The summed E-state index contributed by atoms with van der Waals surface area (Å²) in [6.07, 6.45) is 0.606. The van der Waals surface area contributed by atoms with Crippen LogP contribution in [0, 0.1) is 5.92 Å². The molecule has 0 aromatic rings. The quantitative estimate of drug-likeness (QED) is 0.0868. The van der Waals surface area contributed by atoms with Gasteiger partial charge in [0, 0.05) is 52.7 Å². The first-order chi connectivity index (χ1) is 20.5. The number of rotatable bonds is 30. The molecule has 1 rings (SSSR count). The maximum absolute atomic E-state index is 12.1. The lowest BCUT2D eigenvalue weighted by molar-refractivity contribution is -0.139. The minimum Gasteiger partial charge on any atom is -0.382 e. The van der Waals surface area contributed by atoms with Crippen molar-refractivity contribution in [2.75, 3.05) is 126 Å². The van der Waals surface area contributed by atoms with Gasteiger partial charge in [-0.2, -0.15) is 0 Å². The van der Waals surface area contributed by atoms with Gasteiger partial charge in [0.2, 0.25) is 17.7 Å². The van der Waals surface area contributed by atoms with Gasteiger partial charge in [0.15, 0.2) is 0 Å². The summed E-state index contributed by atoms with van der Waals surface area (Å²) in [7, 11) is 3.25. The van der Waals surface area contributed by atoms with Crippen molar-refractivity contribution in [1.82, 2.24) is 10.2 Å². The predicted molar refractivity (Wildman–Crippen MR) is 151 cm³/mol. The van der Waals surface area contributed by atoms with E-state index >= 15 is 0 Å². The van der Waals surface area contributed by atoms with Crippen LogP contribution in [-0.2, 0) is 57.0 Å². The molecule has 2 atom stereocenters. The van der Waals surface area contributed by atoms with Crippen molar-refractivity contribution in [3.63, 3.8) is 0 Å². The van der Waals surface area contributed by atoms with Crippen molar-refractivity contribution in [2.24, 2.45) is 5.92 Å². The summed E-state index contributed by atoms with van der Waals surface area (Å²) in [4.78, 5) is 37.0. The number of hydrogen-bond donors (Lipinski definition) is 1. The van der Waals surface area contributed by atoms with Crippen LogP contribution < -0.4 is 5.32 Å². The number of imide groups is 1. The van der Waals surface area contributed by atoms with E-state index in [4.69, 9.17) is 42.6 Å². The molecule has 0 spiro atoms. The van der Waals surface area contributed by atoms with E-state index in [1.165, 1.54) is 4.90 Å². The first-order valence-electron chi connectivity index (χ1n) is 14.7. The Morgan fingerprint density at radius 2 is 1.26 bits per heavy atom. The van der Waals surface area contributed by atoms with Crippen molar-refractivity contribution < 1.29 is 57.0 Å². The Morgan fingerprint density at radius 3 is 1.79 bits per heavy atom. The lowest BCUT2D eigenvalue weighted by Gasteiger charge is -2.19. The molecule has 1 aliphatic rings. The average Bonchev–Trinajstić information content (AvgIpc) is 3.22. The first-order valence-corrected chi connectivity index (χ1v) is 14.7. The van der Waals surface area contributed by atoms with Crippen LogP contribution in [0.15, 0.2) is 0 Å². The van der Waals surface area contributed by atoms with Crippen LogP contribution in [0.1, 0.15) is 26.2 Å². The minimum atomic E-state index is -0.306. The average molecular weight is 609 g/mol. The van der Waals surface area contributed by atoms with E-state index in [1.807, 2.05) is 0 Å². The molecular formula is C28H52N2O12. The Morgan fingerprint density at radius 1 is 0.762 bits per heavy atom. The van der Waals surface area contributed by atoms with E-state index in [1.54, 1.807) is 21.1 Å². The predicted octanol–water partition coefficient (Wildman–Crippen LogP) is 0.0554. The summed E-state index contributed by atoms with van der Waals surface area (Å²) >= 11 is 0. The fraction of sp³-hybridized carbons (Fsp3) is 0.893. The molecule has 0 bridgehead atoms. The molecule has 0 saturated carbocycles. The van der Waals surface area contributed by atoms with Gasteiger partial charge in [-0.25, -0.2) is 0 Å². The molecule has 14 heteroatoms. The van der Waals surface area contributed by atoms with Crippen LogP contribution in [0.3, 0.4) is 0 Å². The Bertz CT molecular complexity index is 700. The molecule has 14 nitrogen and oxygen atoms in total. The van der Waals surface area contributed by atoms with Crippen molar-refractivity contribution in [1.29, 1.82) is 0 Å². The number of likely N-dealkylation sites (tertiary alicyclic amines) is 1. The number of carbonyl (C=O) groups excluding carboxylic acids is 3. The highest BCUT2D eigenvalue weighted by Gasteiger charge is 2.35. The molecule has 1 heterocycles.